The number of ether oxygens (including phenoxy) is 1. The molecule has 0 spiro atoms. The molecule has 3 heterocycles. The number of fused-ring (bicyclic) bond motifs is 1. The summed E-state index contributed by atoms with van der Waals surface area (Å²) in [5.74, 6) is 0.180. The molecule has 3 aromatic rings. The van der Waals surface area contributed by atoms with Crippen LogP contribution < -0.4 is 31.6 Å². The Kier molecular flexibility index (Phi) is 7.05. The topological polar surface area (TPSA) is 127 Å². The molecule has 2 aromatic heterocycles. The third-order valence-electron chi connectivity index (χ3n) is 6.71. The molecule has 0 radical (unpaired) electrons. The number of piperidine rings is 1. The first kappa shape index (κ1) is 25.6. The van der Waals surface area contributed by atoms with E-state index in [9.17, 15) is 14.0 Å². The summed E-state index contributed by atoms with van der Waals surface area (Å²) in [7, 11) is 3.12. The van der Waals surface area contributed by atoms with Crippen molar-refractivity contribution in [3.05, 3.63) is 45.8 Å². The highest BCUT2D eigenvalue weighted by atomic mass is 35.5. The molecular weight excluding hydrogens is 489 g/mol. The fourth-order valence-electron chi connectivity index (χ4n) is 4.11. The SMILES string of the molecule is CNC(=O)COc1cc2cc(Nc3nc(N4CC(C)C(C)(F)C(N)C4)ncc3Cl)ccc2n(C)c1=O. The van der Waals surface area contributed by atoms with Gasteiger partial charge in [0.05, 0.1) is 17.8 Å². The summed E-state index contributed by atoms with van der Waals surface area (Å²) in [6.07, 6.45) is 1.49. The van der Waals surface area contributed by atoms with Crippen LogP contribution in [0.2, 0.25) is 5.02 Å². The second-order valence-corrected chi connectivity index (χ2v) is 9.57. The quantitative estimate of drug-likeness (QED) is 0.455. The van der Waals surface area contributed by atoms with Gasteiger partial charge in [-0.25, -0.2) is 9.37 Å². The van der Waals surface area contributed by atoms with E-state index in [0.717, 1.165) is 0 Å². The van der Waals surface area contributed by atoms with Crippen molar-refractivity contribution in [1.82, 2.24) is 19.9 Å². The number of aryl methyl sites for hydroxylation is 1. The van der Waals surface area contributed by atoms with Gasteiger partial charge in [0.15, 0.2) is 18.2 Å². The zero-order chi connectivity index (χ0) is 26.2. The molecule has 192 valence electrons. The summed E-state index contributed by atoms with van der Waals surface area (Å²) in [5.41, 5.74) is 5.59. The number of nitrogens with two attached hydrogens (primary N) is 1. The van der Waals surface area contributed by atoms with Crippen LogP contribution in [0.3, 0.4) is 0 Å². The number of carbonyl (C=O) groups excluding carboxylic acids is 1. The van der Waals surface area contributed by atoms with Crippen molar-refractivity contribution in [2.75, 3.05) is 37.0 Å². The Morgan fingerprint density at radius 3 is 2.81 bits per heavy atom. The zero-order valence-corrected chi connectivity index (χ0v) is 21.3. The summed E-state index contributed by atoms with van der Waals surface area (Å²) in [6, 6.07) is 6.29. The Hall–Kier alpha value is -3.44. The smallest absolute Gasteiger partial charge is 0.293 e. The van der Waals surface area contributed by atoms with E-state index in [1.807, 2.05) is 17.9 Å². The first-order valence-electron chi connectivity index (χ1n) is 11.5. The van der Waals surface area contributed by atoms with E-state index in [1.165, 1.54) is 24.7 Å². The normalized spacial score (nSPS) is 21.9. The molecule has 0 aliphatic carbocycles. The van der Waals surface area contributed by atoms with Crippen molar-refractivity contribution < 1.29 is 13.9 Å². The van der Waals surface area contributed by atoms with Crippen LogP contribution in [0, 0.1) is 5.92 Å². The number of aromatic nitrogens is 3. The minimum atomic E-state index is -1.47. The van der Waals surface area contributed by atoms with Gasteiger partial charge in [0, 0.05) is 44.2 Å². The largest absolute Gasteiger partial charge is 0.478 e. The number of nitrogens with one attached hydrogen (secondary N) is 2. The molecule has 4 rings (SSSR count). The van der Waals surface area contributed by atoms with Gasteiger partial charge in [-0.3, -0.25) is 9.59 Å². The molecule has 1 aliphatic heterocycles. The molecular formula is C24H29ClFN7O3. The minimum Gasteiger partial charge on any atom is -0.478 e. The minimum absolute atomic E-state index is 0.0588. The van der Waals surface area contributed by atoms with Crippen LogP contribution in [0.15, 0.2) is 35.3 Å². The van der Waals surface area contributed by atoms with E-state index in [0.29, 0.717) is 39.9 Å². The summed E-state index contributed by atoms with van der Waals surface area (Å²) >= 11 is 6.37. The number of halogens is 2. The molecule has 1 saturated heterocycles. The maximum atomic E-state index is 14.8. The molecule has 1 amide bonds. The standard InChI is InChI=1S/C24H29ClFN7O3/c1-13-10-33(11-19(27)24(13,2)26)23-29-9-16(25)21(31-23)30-15-5-6-17-14(7-15)8-18(22(35)32(17)4)36-12-20(34)28-3/h5-9,13,19H,10-12,27H2,1-4H3,(H,28,34)(H,29,30,31). The van der Waals surface area contributed by atoms with Crippen LogP contribution in [0.4, 0.5) is 21.8 Å². The van der Waals surface area contributed by atoms with Crippen molar-refractivity contribution in [3.8, 4) is 5.75 Å². The Morgan fingerprint density at radius 2 is 2.11 bits per heavy atom. The fourth-order valence-corrected chi connectivity index (χ4v) is 4.25. The molecule has 1 aliphatic rings. The maximum Gasteiger partial charge on any atom is 0.293 e. The number of rotatable bonds is 6. The van der Waals surface area contributed by atoms with Crippen LogP contribution in [-0.2, 0) is 11.8 Å². The monoisotopic (exact) mass is 517 g/mol. The van der Waals surface area contributed by atoms with E-state index >= 15 is 0 Å². The lowest BCUT2D eigenvalue weighted by Gasteiger charge is -2.43. The predicted octanol–water partition coefficient (Wildman–Crippen LogP) is 2.36. The number of hydrogen-bond donors (Lipinski definition) is 3. The van der Waals surface area contributed by atoms with Gasteiger partial charge in [-0.15, -0.1) is 0 Å². The lowest BCUT2D eigenvalue weighted by atomic mass is 9.82. The Morgan fingerprint density at radius 1 is 1.36 bits per heavy atom. The Balaban J connectivity index is 1.61. The second-order valence-electron chi connectivity index (χ2n) is 9.16. The van der Waals surface area contributed by atoms with Gasteiger partial charge in [0.25, 0.3) is 11.5 Å². The van der Waals surface area contributed by atoms with Crippen molar-refractivity contribution >= 4 is 45.9 Å². The Labute approximate surface area is 212 Å². The third-order valence-corrected chi connectivity index (χ3v) is 6.98. The lowest BCUT2D eigenvalue weighted by molar-refractivity contribution is -0.122. The van der Waals surface area contributed by atoms with Crippen molar-refractivity contribution in [3.63, 3.8) is 0 Å². The maximum absolute atomic E-state index is 14.8. The number of alkyl halides is 1. The number of hydrogen-bond acceptors (Lipinski definition) is 8. The van der Waals surface area contributed by atoms with Crippen LogP contribution in [-0.4, -0.2) is 58.9 Å². The third kappa shape index (κ3) is 4.93. The van der Waals surface area contributed by atoms with E-state index in [-0.39, 0.29) is 36.3 Å². The van der Waals surface area contributed by atoms with Crippen molar-refractivity contribution in [1.29, 1.82) is 0 Å². The number of amides is 1. The summed E-state index contributed by atoms with van der Waals surface area (Å²) < 4.78 is 21.7. The molecule has 0 bridgehead atoms. The van der Waals surface area contributed by atoms with Crippen LogP contribution in [0.25, 0.3) is 10.9 Å². The number of benzene rings is 1. The number of carbonyl (C=O) groups is 1. The summed E-state index contributed by atoms with van der Waals surface area (Å²) in [6.45, 7) is 3.77. The highest BCUT2D eigenvalue weighted by Gasteiger charge is 2.43. The van der Waals surface area contributed by atoms with Gasteiger partial charge in [0.1, 0.15) is 10.7 Å². The first-order chi connectivity index (χ1) is 17.0. The van der Waals surface area contributed by atoms with Gasteiger partial charge < -0.3 is 30.6 Å². The number of anilines is 3. The van der Waals surface area contributed by atoms with Crippen LogP contribution in [0.1, 0.15) is 13.8 Å². The van der Waals surface area contributed by atoms with Gasteiger partial charge in [0.2, 0.25) is 5.95 Å². The van der Waals surface area contributed by atoms with Crippen LogP contribution in [0.5, 0.6) is 5.75 Å². The van der Waals surface area contributed by atoms with Gasteiger partial charge in [-0.1, -0.05) is 18.5 Å². The van der Waals surface area contributed by atoms with E-state index in [2.05, 4.69) is 20.6 Å². The lowest BCUT2D eigenvalue weighted by Crippen LogP contribution is -2.60. The van der Waals surface area contributed by atoms with E-state index in [1.54, 1.807) is 25.2 Å². The van der Waals surface area contributed by atoms with Gasteiger partial charge in [-0.05, 0) is 31.2 Å². The van der Waals surface area contributed by atoms with Crippen molar-refractivity contribution in [2.45, 2.75) is 25.6 Å². The fraction of sp³-hybridized carbons (Fsp3) is 0.417. The Bertz CT molecular complexity index is 1350. The molecule has 3 unspecified atom stereocenters. The molecule has 10 nitrogen and oxygen atoms in total. The second kappa shape index (κ2) is 9.90. The van der Waals surface area contributed by atoms with Gasteiger partial charge >= 0.3 is 0 Å². The molecule has 1 aromatic carbocycles. The summed E-state index contributed by atoms with van der Waals surface area (Å²) in [4.78, 5) is 34.9. The molecule has 1 fully saturated rings. The average Bonchev–Trinajstić information content (AvgIpc) is 2.85. The first-order valence-corrected chi connectivity index (χ1v) is 11.8. The summed E-state index contributed by atoms with van der Waals surface area (Å²) in [5, 5.41) is 6.65. The average molecular weight is 518 g/mol. The highest BCUT2D eigenvalue weighted by molar-refractivity contribution is 6.32. The predicted molar refractivity (Wildman–Crippen MR) is 138 cm³/mol. The number of pyridine rings is 1. The molecule has 36 heavy (non-hydrogen) atoms. The molecule has 0 saturated carbocycles. The van der Waals surface area contributed by atoms with E-state index in [4.69, 9.17) is 22.1 Å². The van der Waals surface area contributed by atoms with E-state index < -0.39 is 11.7 Å². The van der Waals surface area contributed by atoms with Gasteiger partial charge in [-0.2, -0.15) is 4.98 Å². The molecule has 12 heteroatoms. The number of nitrogens with zero attached hydrogens (tertiary/aromatic N) is 4. The molecule has 4 N–H and O–H groups in total. The highest BCUT2D eigenvalue weighted by Crippen LogP contribution is 2.33. The van der Waals surface area contributed by atoms with Crippen LogP contribution >= 0.6 is 11.6 Å². The zero-order valence-electron chi connectivity index (χ0n) is 20.5. The van der Waals surface area contributed by atoms with Crippen molar-refractivity contribution in [2.24, 2.45) is 18.7 Å². The molecule has 3 atom stereocenters. The number of likely N-dealkylation sites (N-methyl/N-ethyl adjacent to an activating group) is 1.